The summed E-state index contributed by atoms with van der Waals surface area (Å²) in [7, 11) is 3.01. The zero-order valence-electron chi connectivity index (χ0n) is 13.1. The zero-order valence-corrected chi connectivity index (χ0v) is 13.1. The van der Waals surface area contributed by atoms with Crippen LogP contribution in [0.2, 0.25) is 0 Å². The third-order valence-corrected chi connectivity index (χ3v) is 2.92. The van der Waals surface area contributed by atoms with Gasteiger partial charge in [-0.2, -0.15) is 5.26 Å². The molecule has 0 atom stereocenters. The van der Waals surface area contributed by atoms with E-state index in [1.54, 1.807) is 36.7 Å². The highest BCUT2D eigenvalue weighted by molar-refractivity contribution is 6.06. The first-order valence-electron chi connectivity index (χ1n) is 6.85. The summed E-state index contributed by atoms with van der Waals surface area (Å²) in [6.45, 7) is 0. The van der Waals surface area contributed by atoms with Crippen LogP contribution in [0.5, 0.6) is 11.5 Å². The molecule has 1 amide bonds. The number of hydrogen-bond donors (Lipinski definition) is 2. The van der Waals surface area contributed by atoms with Crippen molar-refractivity contribution >= 4 is 17.5 Å². The van der Waals surface area contributed by atoms with Gasteiger partial charge in [0.2, 0.25) is 5.95 Å². The van der Waals surface area contributed by atoms with Crippen molar-refractivity contribution in [3.63, 3.8) is 0 Å². The first-order valence-corrected chi connectivity index (χ1v) is 6.85. The molecule has 1 aromatic heterocycles. The summed E-state index contributed by atoms with van der Waals surface area (Å²) < 4.78 is 10.3. The number of carbonyl (C=O) groups excluding carboxylic acids is 1. The van der Waals surface area contributed by atoms with E-state index in [1.165, 1.54) is 20.4 Å². The molecule has 1 aromatic carbocycles. The van der Waals surface area contributed by atoms with Crippen molar-refractivity contribution in [3.05, 3.63) is 48.4 Å². The van der Waals surface area contributed by atoms with Gasteiger partial charge in [-0.3, -0.25) is 4.79 Å². The molecule has 24 heavy (non-hydrogen) atoms. The third-order valence-electron chi connectivity index (χ3n) is 2.92. The van der Waals surface area contributed by atoms with E-state index in [4.69, 9.17) is 14.7 Å². The second-order valence-corrected chi connectivity index (χ2v) is 4.41. The topological polar surface area (TPSA) is 109 Å². The van der Waals surface area contributed by atoms with Crippen LogP contribution in [-0.2, 0) is 4.79 Å². The van der Waals surface area contributed by atoms with E-state index in [9.17, 15) is 4.79 Å². The highest BCUT2D eigenvalue weighted by Crippen LogP contribution is 2.29. The number of nitriles is 1. The Morgan fingerprint density at radius 3 is 2.54 bits per heavy atom. The number of anilines is 2. The molecule has 0 aliphatic rings. The van der Waals surface area contributed by atoms with Crippen molar-refractivity contribution in [1.29, 1.82) is 5.26 Å². The predicted molar refractivity (Wildman–Crippen MR) is 87.5 cm³/mol. The molecule has 0 bridgehead atoms. The minimum absolute atomic E-state index is 0.128. The second-order valence-electron chi connectivity index (χ2n) is 4.41. The van der Waals surface area contributed by atoms with Crippen LogP contribution in [0, 0.1) is 11.3 Å². The maximum atomic E-state index is 12.2. The standard InChI is InChI=1S/C16H15N5O3/c1-23-13-5-4-12(8-14(13)24-2)21-15(22)11(9-17)10-20-16-18-6-3-7-19-16/h3-8,10H,1-2H3,(H,21,22)(H,18,19,20)/b11-10-. The van der Waals surface area contributed by atoms with Crippen LogP contribution in [0.15, 0.2) is 48.4 Å². The predicted octanol–water partition coefficient (Wildman–Crippen LogP) is 1.95. The fraction of sp³-hybridized carbons (Fsp3) is 0.125. The average molecular weight is 325 g/mol. The number of nitrogens with zero attached hydrogens (tertiary/aromatic N) is 3. The van der Waals surface area contributed by atoms with Crippen LogP contribution in [0.25, 0.3) is 0 Å². The van der Waals surface area contributed by atoms with Crippen molar-refractivity contribution in [3.8, 4) is 17.6 Å². The van der Waals surface area contributed by atoms with Crippen LogP contribution in [0.1, 0.15) is 0 Å². The summed E-state index contributed by atoms with van der Waals surface area (Å²) in [4.78, 5) is 20.0. The Morgan fingerprint density at radius 1 is 1.21 bits per heavy atom. The van der Waals surface area contributed by atoms with E-state index >= 15 is 0 Å². The number of nitrogens with one attached hydrogen (secondary N) is 2. The van der Waals surface area contributed by atoms with E-state index in [-0.39, 0.29) is 11.5 Å². The molecule has 0 saturated carbocycles. The monoisotopic (exact) mass is 325 g/mol. The molecule has 2 rings (SSSR count). The van der Waals surface area contributed by atoms with Crippen LogP contribution in [0.3, 0.4) is 0 Å². The summed E-state index contributed by atoms with van der Waals surface area (Å²) in [5.74, 6) is 0.709. The van der Waals surface area contributed by atoms with E-state index in [2.05, 4.69) is 20.6 Å². The van der Waals surface area contributed by atoms with Gasteiger partial charge >= 0.3 is 0 Å². The first kappa shape index (κ1) is 16.8. The number of hydrogen-bond acceptors (Lipinski definition) is 7. The van der Waals surface area contributed by atoms with Gasteiger partial charge in [-0.05, 0) is 18.2 Å². The van der Waals surface area contributed by atoms with E-state index in [1.807, 2.05) is 6.07 Å². The van der Waals surface area contributed by atoms with Crippen LogP contribution < -0.4 is 20.1 Å². The highest BCUT2D eigenvalue weighted by atomic mass is 16.5. The molecule has 0 aliphatic carbocycles. The number of carbonyl (C=O) groups is 1. The minimum Gasteiger partial charge on any atom is -0.493 e. The smallest absolute Gasteiger partial charge is 0.267 e. The maximum Gasteiger partial charge on any atom is 0.267 e. The van der Waals surface area contributed by atoms with Gasteiger partial charge in [0.1, 0.15) is 11.6 Å². The molecule has 0 unspecified atom stereocenters. The fourth-order valence-corrected chi connectivity index (χ4v) is 1.77. The molecule has 122 valence electrons. The van der Waals surface area contributed by atoms with Gasteiger partial charge < -0.3 is 20.1 Å². The number of aromatic nitrogens is 2. The van der Waals surface area contributed by atoms with Crippen molar-refractivity contribution < 1.29 is 14.3 Å². The second kappa shape index (κ2) is 8.14. The maximum absolute atomic E-state index is 12.2. The Labute approximate surface area is 138 Å². The third kappa shape index (κ3) is 4.20. The zero-order chi connectivity index (χ0) is 17.4. The SMILES string of the molecule is COc1ccc(NC(=O)/C(C#N)=C\Nc2ncccn2)cc1OC. The summed E-state index contributed by atoms with van der Waals surface area (Å²) in [5, 5.41) is 14.4. The molecule has 0 saturated heterocycles. The molecular formula is C16H15N5O3. The van der Waals surface area contributed by atoms with Gasteiger partial charge in [0, 0.05) is 30.3 Å². The van der Waals surface area contributed by atoms with Crippen LogP contribution in [0.4, 0.5) is 11.6 Å². The number of ether oxygens (including phenoxy) is 2. The lowest BCUT2D eigenvalue weighted by molar-refractivity contribution is -0.112. The lowest BCUT2D eigenvalue weighted by Gasteiger charge is -2.10. The lowest BCUT2D eigenvalue weighted by atomic mass is 10.2. The summed E-state index contributed by atoms with van der Waals surface area (Å²) in [5.41, 5.74) is 0.340. The largest absolute Gasteiger partial charge is 0.493 e. The molecule has 0 fully saturated rings. The number of amides is 1. The lowest BCUT2D eigenvalue weighted by Crippen LogP contribution is -2.15. The van der Waals surface area contributed by atoms with E-state index in [0.717, 1.165) is 0 Å². The minimum atomic E-state index is -0.576. The average Bonchev–Trinajstić information content (AvgIpc) is 2.63. The van der Waals surface area contributed by atoms with Crippen molar-refractivity contribution in [1.82, 2.24) is 9.97 Å². The van der Waals surface area contributed by atoms with Gasteiger partial charge in [0.05, 0.1) is 14.2 Å². The number of benzene rings is 1. The quantitative estimate of drug-likeness (QED) is 0.617. The Balaban J connectivity index is 2.11. The first-order chi connectivity index (χ1) is 11.7. The molecule has 0 spiro atoms. The van der Waals surface area contributed by atoms with Gasteiger partial charge in [-0.25, -0.2) is 9.97 Å². The summed E-state index contributed by atoms with van der Waals surface area (Å²) in [6, 6.07) is 8.37. The van der Waals surface area contributed by atoms with Crippen LogP contribution >= 0.6 is 0 Å². The van der Waals surface area contributed by atoms with Crippen molar-refractivity contribution in [2.45, 2.75) is 0 Å². The molecule has 2 N–H and O–H groups in total. The number of rotatable bonds is 6. The van der Waals surface area contributed by atoms with Crippen molar-refractivity contribution in [2.24, 2.45) is 0 Å². The van der Waals surface area contributed by atoms with E-state index < -0.39 is 5.91 Å². The van der Waals surface area contributed by atoms with Crippen LogP contribution in [-0.4, -0.2) is 30.1 Å². The summed E-state index contributed by atoms with van der Waals surface area (Å²) >= 11 is 0. The molecule has 0 aliphatic heterocycles. The Kier molecular flexibility index (Phi) is 5.69. The normalized spacial score (nSPS) is 10.5. The number of methoxy groups -OCH3 is 2. The molecule has 1 heterocycles. The fourth-order valence-electron chi connectivity index (χ4n) is 1.77. The van der Waals surface area contributed by atoms with Crippen molar-refractivity contribution in [2.75, 3.05) is 24.9 Å². The Hall–Kier alpha value is -3.60. The Morgan fingerprint density at radius 2 is 1.92 bits per heavy atom. The summed E-state index contributed by atoms with van der Waals surface area (Å²) in [6.07, 6.45) is 4.32. The van der Waals surface area contributed by atoms with Gasteiger partial charge in [0.15, 0.2) is 11.5 Å². The van der Waals surface area contributed by atoms with Gasteiger partial charge in [-0.1, -0.05) is 0 Å². The molecule has 2 aromatic rings. The highest BCUT2D eigenvalue weighted by Gasteiger charge is 2.11. The van der Waals surface area contributed by atoms with Gasteiger partial charge in [-0.15, -0.1) is 0 Å². The molecule has 8 nitrogen and oxygen atoms in total. The van der Waals surface area contributed by atoms with Gasteiger partial charge in [0.25, 0.3) is 5.91 Å². The Bertz CT molecular complexity index is 784. The van der Waals surface area contributed by atoms with E-state index in [0.29, 0.717) is 17.2 Å². The molecule has 0 radical (unpaired) electrons. The molecular weight excluding hydrogens is 310 g/mol. The molecule has 8 heteroatoms.